The number of hydrogen-bond donors (Lipinski definition) is 0. The topological polar surface area (TPSA) is 27.7 Å². The lowest BCUT2D eigenvalue weighted by Gasteiger charge is -2.28. The molecule has 3 aromatic carbocycles. The molecule has 0 aromatic heterocycles. The molecule has 10 heteroatoms. The Labute approximate surface area is 184 Å². The number of alkyl halides is 7. The summed E-state index contributed by atoms with van der Waals surface area (Å²) in [7, 11) is 0. The molecule has 1 unspecified atom stereocenters. The van der Waals surface area contributed by atoms with Crippen molar-refractivity contribution in [1.82, 2.24) is 0 Å². The van der Waals surface area contributed by atoms with Crippen molar-refractivity contribution in [1.29, 1.82) is 0 Å². The van der Waals surface area contributed by atoms with Crippen molar-refractivity contribution in [3.8, 4) is 17.2 Å². The molecule has 33 heavy (non-hydrogen) atoms. The minimum Gasteiger partial charge on any atom is -0.457 e. The van der Waals surface area contributed by atoms with E-state index in [9.17, 15) is 26.3 Å². The summed E-state index contributed by atoms with van der Waals surface area (Å²) < 4.78 is 107. The van der Waals surface area contributed by atoms with E-state index in [4.69, 9.17) is 9.47 Å². The molecule has 0 amide bonds. The maximum absolute atomic E-state index is 15.0. The average molecular weight is 474 g/mol. The number of benzene rings is 3. The van der Waals surface area contributed by atoms with E-state index in [1.54, 1.807) is 48.5 Å². The van der Waals surface area contributed by atoms with Crippen molar-refractivity contribution >= 4 is 0 Å². The van der Waals surface area contributed by atoms with Gasteiger partial charge in [-0.25, -0.2) is 4.39 Å². The molecule has 0 N–H and O–H groups in total. The fourth-order valence-corrected chi connectivity index (χ4v) is 2.88. The Morgan fingerprint density at radius 1 is 0.636 bits per heavy atom. The van der Waals surface area contributed by atoms with Crippen molar-refractivity contribution in [3.63, 3.8) is 0 Å². The quantitative estimate of drug-likeness (QED) is 0.320. The summed E-state index contributed by atoms with van der Waals surface area (Å²) in [5.74, 6) is 0.185. The lowest BCUT2D eigenvalue weighted by atomic mass is 9.96. The van der Waals surface area contributed by atoms with Gasteiger partial charge < -0.3 is 14.2 Å². The molecule has 0 saturated heterocycles. The van der Waals surface area contributed by atoms with Gasteiger partial charge in [0.15, 0.2) is 0 Å². The van der Waals surface area contributed by atoms with Gasteiger partial charge in [0.1, 0.15) is 17.2 Å². The first-order valence-electron chi connectivity index (χ1n) is 9.48. The molecular weight excluding hydrogens is 457 g/mol. The first-order valence-corrected chi connectivity index (χ1v) is 9.48. The van der Waals surface area contributed by atoms with Gasteiger partial charge in [0, 0.05) is 5.56 Å². The summed E-state index contributed by atoms with van der Waals surface area (Å²) in [4.78, 5) is 0. The lowest BCUT2D eigenvalue weighted by molar-refractivity contribution is -0.274. The highest BCUT2D eigenvalue weighted by Crippen LogP contribution is 2.43. The van der Waals surface area contributed by atoms with Crippen LogP contribution in [0.5, 0.6) is 17.2 Å². The first-order chi connectivity index (χ1) is 15.5. The van der Waals surface area contributed by atoms with Crippen LogP contribution in [-0.2, 0) is 17.0 Å². The molecule has 3 nitrogen and oxygen atoms in total. The van der Waals surface area contributed by atoms with Crippen molar-refractivity contribution in [2.45, 2.75) is 24.8 Å². The van der Waals surface area contributed by atoms with Crippen LogP contribution in [0.25, 0.3) is 0 Å². The molecule has 0 fully saturated rings. The summed E-state index contributed by atoms with van der Waals surface area (Å²) in [5.41, 5.74) is -4.42. The fourth-order valence-electron chi connectivity index (χ4n) is 2.88. The van der Waals surface area contributed by atoms with Gasteiger partial charge in [0.05, 0.1) is 13.2 Å². The van der Waals surface area contributed by atoms with Crippen molar-refractivity contribution in [2.24, 2.45) is 0 Å². The Kier molecular flexibility index (Phi) is 7.16. The van der Waals surface area contributed by atoms with E-state index in [1.807, 2.05) is 0 Å². The van der Waals surface area contributed by atoms with Gasteiger partial charge in [-0.3, -0.25) is 0 Å². The van der Waals surface area contributed by atoms with Crippen LogP contribution >= 0.6 is 0 Å². The molecule has 0 aliphatic heterocycles. The van der Waals surface area contributed by atoms with Gasteiger partial charge in [0.2, 0.25) is 0 Å². The van der Waals surface area contributed by atoms with E-state index in [0.29, 0.717) is 41.3 Å². The minimum atomic E-state index is -5.38. The second-order valence-electron chi connectivity index (χ2n) is 6.93. The molecule has 3 rings (SSSR count). The third-order valence-electron chi connectivity index (χ3n) is 4.44. The Morgan fingerprint density at radius 3 is 1.88 bits per heavy atom. The van der Waals surface area contributed by atoms with Crippen LogP contribution < -0.4 is 9.47 Å². The predicted molar refractivity (Wildman–Crippen MR) is 105 cm³/mol. The maximum atomic E-state index is 15.0. The van der Waals surface area contributed by atoms with Crippen LogP contribution in [0.2, 0.25) is 0 Å². The van der Waals surface area contributed by atoms with Crippen LogP contribution in [0, 0.1) is 0 Å². The van der Waals surface area contributed by atoms with Crippen molar-refractivity contribution in [3.05, 3.63) is 90.0 Å². The zero-order valence-corrected chi connectivity index (χ0v) is 16.8. The van der Waals surface area contributed by atoms with E-state index >= 15 is 4.39 Å². The van der Waals surface area contributed by atoms with Crippen LogP contribution in [-0.4, -0.2) is 19.1 Å². The van der Waals surface area contributed by atoms with Gasteiger partial charge in [-0.2, -0.15) is 13.2 Å². The highest BCUT2D eigenvalue weighted by atomic mass is 19.4. The van der Waals surface area contributed by atoms with E-state index in [-0.39, 0.29) is 6.61 Å². The van der Waals surface area contributed by atoms with Crippen LogP contribution in [0.1, 0.15) is 11.1 Å². The Morgan fingerprint density at radius 2 is 1.27 bits per heavy atom. The van der Waals surface area contributed by atoms with Crippen LogP contribution in [0.3, 0.4) is 0 Å². The normalized spacial score (nSPS) is 13.9. The molecule has 176 valence electrons. The number of para-hydroxylation sites is 1. The monoisotopic (exact) mass is 474 g/mol. The Balaban J connectivity index is 1.69. The zero-order chi connectivity index (χ0) is 24.1. The fraction of sp³-hybridized carbons (Fsp3) is 0.217. The molecule has 0 spiro atoms. The van der Waals surface area contributed by atoms with E-state index < -0.39 is 36.1 Å². The van der Waals surface area contributed by atoms with Gasteiger partial charge >= 0.3 is 12.5 Å². The molecule has 0 aliphatic rings. The van der Waals surface area contributed by atoms with Crippen LogP contribution in [0.4, 0.5) is 30.7 Å². The van der Waals surface area contributed by atoms with Crippen molar-refractivity contribution < 1.29 is 44.9 Å². The molecule has 0 heterocycles. The number of rotatable bonds is 8. The first kappa shape index (κ1) is 24.4. The van der Waals surface area contributed by atoms with Gasteiger partial charge in [0.25, 0.3) is 5.67 Å². The van der Waals surface area contributed by atoms with Gasteiger partial charge in [-0.1, -0.05) is 42.5 Å². The summed E-state index contributed by atoms with van der Waals surface area (Å²) >= 11 is 0. The maximum Gasteiger partial charge on any atom is 0.573 e. The lowest BCUT2D eigenvalue weighted by Crippen LogP contribution is -2.42. The Hall–Kier alpha value is -3.27. The average Bonchev–Trinajstić information content (AvgIpc) is 2.73. The van der Waals surface area contributed by atoms with E-state index in [2.05, 4.69) is 4.74 Å². The van der Waals surface area contributed by atoms with Crippen LogP contribution in [0.15, 0.2) is 78.9 Å². The smallest absolute Gasteiger partial charge is 0.457 e. The highest BCUT2D eigenvalue weighted by molar-refractivity contribution is 5.34. The molecule has 0 radical (unpaired) electrons. The highest BCUT2D eigenvalue weighted by Gasteiger charge is 2.57. The molecular formula is C23H17F7O3. The summed E-state index contributed by atoms with van der Waals surface area (Å²) in [6, 6.07) is 17.5. The van der Waals surface area contributed by atoms with E-state index in [1.165, 1.54) is 6.07 Å². The standard InChI is InChI=1S/C23H17F7O3/c24-21(22(25,26)27,17-9-11-19(12-10-17)33-23(28,29)30)15-31-14-16-5-4-8-20(13-16)32-18-6-2-1-3-7-18/h1-13H,14-15H2. The van der Waals surface area contributed by atoms with Gasteiger partial charge in [-0.15, -0.1) is 13.2 Å². The SMILES string of the molecule is FC(F)(F)Oc1ccc(C(F)(COCc2cccc(Oc3ccccc3)c2)C(F)(F)F)cc1. The van der Waals surface area contributed by atoms with Crippen molar-refractivity contribution in [2.75, 3.05) is 6.61 Å². The number of halogens is 7. The predicted octanol–water partition coefficient (Wildman–Crippen LogP) is 7.32. The second kappa shape index (κ2) is 9.70. The molecule has 1 atom stereocenters. The second-order valence-corrected chi connectivity index (χ2v) is 6.93. The Bertz CT molecular complexity index is 1030. The summed E-state index contributed by atoms with van der Waals surface area (Å²) in [6.45, 7) is -1.76. The molecule has 0 saturated carbocycles. The minimum absolute atomic E-state index is 0.358. The molecule has 3 aromatic rings. The summed E-state index contributed by atoms with van der Waals surface area (Å²) in [5, 5.41) is 0. The third kappa shape index (κ3) is 6.61. The number of hydrogen-bond acceptors (Lipinski definition) is 3. The third-order valence-corrected chi connectivity index (χ3v) is 4.44. The zero-order valence-electron chi connectivity index (χ0n) is 16.8. The summed E-state index contributed by atoms with van der Waals surface area (Å²) in [6.07, 6.45) is -10.4. The largest absolute Gasteiger partial charge is 0.573 e. The van der Waals surface area contributed by atoms with Gasteiger partial charge in [-0.05, 0) is 42.0 Å². The number of ether oxygens (including phenoxy) is 3. The molecule has 0 bridgehead atoms. The van der Waals surface area contributed by atoms with E-state index in [0.717, 1.165) is 0 Å². The molecule has 0 aliphatic carbocycles.